The zero-order valence-corrected chi connectivity index (χ0v) is 13.2. The summed E-state index contributed by atoms with van der Waals surface area (Å²) in [6.07, 6.45) is 0. The molecule has 5 nitrogen and oxygen atoms in total. The molecule has 0 saturated carbocycles. The molecular formula is C18H13F2NO4. The molecule has 25 heavy (non-hydrogen) atoms. The first-order valence-electron chi connectivity index (χ1n) is 7.29. The standard InChI is InChI=1S/C18H13F2NO4/c1-23-13-5-2-4-11(8-13)16-9-12(21-25-16)10-24-18(22)17-14(19)6-3-7-15(17)20/h2-9H,10H2,1H3. The first-order valence-corrected chi connectivity index (χ1v) is 7.29. The summed E-state index contributed by atoms with van der Waals surface area (Å²) in [6, 6.07) is 11.8. The Morgan fingerprint density at radius 1 is 1.12 bits per heavy atom. The van der Waals surface area contributed by atoms with Crippen LogP contribution in [0.5, 0.6) is 5.75 Å². The van der Waals surface area contributed by atoms with Crippen molar-refractivity contribution in [1.29, 1.82) is 0 Å². The molecule has 0 N–H and O–H groups in total. The Bertz CT molecular complexity index is 887. The Morgan fingerprint density at radius 3 is 2.56 bits per heavy atom. The average Bonchev–Trinajstić information content (AvgIpc) is 3.09. The third-order valence-corrected chi connectivity index (χ3v) is 3.43. The van der Waals surface area contributed by atoms with Gasteiger partial charge in [0.25, 0.3) is 0 Å². The van der Waals surface area contributed by atoms with Crippen LogP contribution in [0.4, 0.5) is 8.78 Å². The molecule has 0 aliphatic rings. The first kappa shape index (κ1) is 16.6. The van der Waals surface area contributed by atoms with Crippen molar-refractivity contribution < 1.29 is 27.6 Å². The number of ether oxygens (including phenoxy) is 2. The van der Waals surface area contributed by atoms with Gasteiger partial charge in [-0.15, -0.1) is 0 Å². The maximum absolute atomic E-state index is 13.5. The Labute approximate surface area is 141 Å². The highest BCUT2D eigenvalue weighted by molar-refractivity contribution is 5.90. The molecule has 0 saturated heterocycles. The lowest BCUT2D eigenvalue weighted by Crippen LogP contribution is -2.10. The predicted octanol–water partition coefficient (Wildman–Crippen LogP) is 3.99. The molecule has 0 aliphatic carbocycles. The normalized spacial score (nSPS) is 10.5. The van der Waals surface area contributed by atoms with Crippen molar-refractivity contribution in [1.82, 2.24) is 5.16 Å². The van der Waals surface area contributed by atoms with Gasteiger partial charge < -0.3 is 14.0 Å². The molecule has 0 spiro atoms. The minimum atomic E-state index is -1.11. The second-order valence-electron chi connectivity index (χ2n) is 5.09. The Morgan fingerprint density at radius 2 is 1.84 bits per heavy atom. The van der Waals surface area contributed by atoms with Crippen LogP contribution in [0.15, 0.2) is 53.1 Å². The van der Waals surface area contributed by atoms with Crippen molar-refractivity contribution >= 4 is 5.97 Å². The van der Waals surface area contributed by atoms with Gasteiger partial charge in [-0.2, -0.15) is 0 Å². The van der Waals surface area contributed by atoms with E-state index in [1.54, 1.807) is 37.4 Å². The van der Waals surface area contributed by atoms with E-state index in [1.807, 2.05) is 0 Å². The number of nitrogens with zero attached hydrogens (tertiary/aromatic N) is 1. The zero-order chi connectivity index (χ0) is 17.8. The molecular weight excluding hydrogens is 332 g/mol. The van der Waals surface area contributed by atoms with Crippen molar-refractivity contribution in [2.24, 2.45) is 0 Å². The van der Waals surface area contributed by atoms with Crippen molar-refractivity contribution in [3.05, 3.63) is 71.4 Å². The lowest BCUT2D eigenvalue weighted by atomic mass is 10.1. The molecule has 128 valence electrons. The number of rotatable bonds is 5. The quantitative estimate of drug-likeness (QED) is 0.655. The van der Waals surface area contributed by atoms with Gasteiger partial charge in [0.05, 0.1) is 7.11 Å². The van der Waals surface area contributed by atoms with Crippen LogP contribution in [0.2, 0.25) is 0 Å². The van der Waals surface area contributed by atoms with E-state index in [-0.39, 0.29) is 6.61 Å². The highest BCUT2D eigenvalue weighted by Crippen LogP contribution is 2.24. The van der Waals surface area contributed by atoms with Crippen molar-refractivity contribution in [3.63, 3.8) is 0 Å². The van der Waals surface area contributed by atoms with E-state index in [9.17, 15) is 13.6 Å². The summed E-state index contributed by atoms with van der Waals surface area (Å²) in [6.45, 7) is -0.278. The van der Waals surface area contributed by atoms with Crippen LogP contribution < -0.4 is 4.74 Å². The molecule has 1 heterocycles. The number of hydrogen-bond donors (Lipinski definition) is 0. The topological polar surface area (TPSA) is 61.6 Å². The van der Waals surface area contributed by atoms with Gasteiger partial charge in [-0.25, -0.2) is 13.6 Å². The van der Waals surface area contributed by atoms with Crippen LogP contribution in [0, 0.1) is 11.6 Å². The van der Waals surface area contributed by atoms with Crippen molar-refractivity contribution in [2.75, 3.05) is 7.11 Å². The van der Waals surface area contributed by atoms with Crippen LogP contribution in [0.25, 0.3) is 11.3 Å². The van der Waals surface area contributed by atoms with Gasteiger partial charge >= 0.3 is 5.97 Å². The molecule has 7 heteroatoms. The zero-order valence-electron chi connectivity index (χ0n) is 13.2. The van der Waals surface area contributed by atoms with Gasteiger partial charge in [-0.3, -0.25) is 0 Å². The number of hydrogen-bond acceptors (Lipinski definition) is 5. The molecule has 0 amide bonds. The van der Waals surface area contributed by atoms with Crippen molar-refractivity contribution in [3.8, 4) is 17.1 Å². The summed E-state index contributed by atoms with van der Waals surface area (Å²) in [5.74, 6) is -1.98. The van der Waals surface area contributed by atoms with Gasteiger partial charge in [-0.1, -0.05) is 23.4 Å². The fourth-order valence-electron chi connectivity index (χ4n) is 2.20. The van der Waals surface area contributed by atoms with Gasteiger partial charge in [0.15, 0.2) is 5.76 Å². The van der Waals surface area contributed by atoms with E-state index in [0.717, 1.165) is 17.7 Å². The molecule has 3 rings (SSSR count). The van der Waals surface area contributed by atoms with E-state index < -0.39 is 23.2 Å². The molecule has 0 unspecified atom stereocenters. The maximum Gasteiger partial charge on any atom is 0.344 e. The number of carbonyl (C=O) groups is 1. The predicted molar refractivity (Wildman–Crippen MR) is 84.0 cm³/mol. The Balaban J connectivity index is 1.70. The molecule has 0 aliphatic heterocycles. The molecule has 1 aromatic heterocycles. The van der Waals surface area contributed by atoms with Crippen LogP contribution in [-0.2, 0) is 11.3 Å². The van der Waals surface area contributed by atoms with Gasteiger partial charge in [0.1, 0.15) is 35.2 Å². The lowest BCUT2D eigenvalue weighted by molar-refractivity contribution is 0.0453. The van der Waals surface area contributed by atoms with Crippen LogP contribution >= 0.6 is 0 Å². The molecule has 0 radical (unpaired) electrons. The Hall–Kier alpha value is -3.22. The number of halogens is 2. The second kappa shape index (κ2) is 7.12. The van der Waals surface area contributed by atoms with Crippen LogP contribution in [0.3, 0.4) is 0 Å². The summed E-state index contributed by atoms with van der Waals surface area (Å²) >= 11 is 0. The van der Waals surface area contributed by atoms with E-state index >= 15 is 0 Å². The number of benzene rings is 2. The summed E-state index contributed by atoms with van der Waals surface area (Å²) in [7, 11) is 1.55. The lowest BCUT2D eigenvalue weighted by Gasteiger charge is -2.04. The number of aromatic nitrogens is 1. The fourth-order valence-corrected chi connectivity index (χ4v) is 2.20. The minimum Gasteiger partial charge on any atom is -0.497 e. The number of carbonyl (C=O) groups excluding carboxylic acids is 1. The van der Waals surface area contributed by atoms with Gasteiger partial charge in [-0.05, 0) is 24.3 Å². The SMILES string of the molecule is COc1cccc(-c2cc(COC(=O)c3c(F)cccc3F)no2)c1. The summed E-state index contributed by atoms with van der Waals surface area (Å²) in [5.41, 5.74) is 0.298. The van der Waals surface area contributed by atoms with Gasteiger partial charge in [0.2, 0.25) is 0 Å². The summed E-state index contributed by atoms with van der Waals surface area (Å²) < 4.78 is 42.3. The van der Waals surface area contributed by atoms with Crippen molar-refractivity contribution in [2.45, 2.75) is 6.61 Å². The average molecular weight is 345 g/mol. The molecule has 0 bridgehead atoms. The highest BCUT2D eigenvalue weighted by atomic mass is 19.1. The third-order valence-electron chi connectivity index (χ3n) is 3.43. The van der Waals surface area contributed by atoms with Crippen LogP contribution in [0.1, 0.15) is 16.1 Å². The largest absolute Gasteiger partial charge is 0.497 e. The maximum atomic E-state index is 13.5. The third kappa shape index (κ3) is 3.65. The first-order chi connectivity index (χ1) is 12.1. The second-order valence-corrected chi connectivity index (χ2v) is 5.09. The highest BCUT2D eigenvalue weighted by Gasteiger charge is 2.19. The van der Waals surface area contributed by atoms with Gasteiger partial charge in [0, 0.05) is 11.6 Å². The van der Waals surface area contributed by atoms with E-state index in [4.69, 9.17) is 14.0 Å². The van der Waals surface area contributed by atoms with E-state index in [2.05, 4.69) is 5.16 Å². The van der Waals surface area contributed by atoms with Crippen LogP contribution in [-0.4, -0.2) is 18.2 Å². The number of esters is 1. The monoisotopic (exact) mass is 345 g/mol. The van der Waals surface area contributed by atoms with E-state index in [0.29, 0.717) is 17.2 Å². The summed E-state index contributed by atoms with van der Waals surface area (Å²) in [4.78, 5) is 11.8. The number of methoxy groups -OCH3 is 1. The Kier molecular flexibility index (Phi) is 4.74. The minimum absolute atomic E-state index is 0.278. The molecule has 0 fully saturated rings. The fraction of sp³-hybridized carbons (Fsp3) is 0.111. The molecule has 0 atom stereocenters. The molecule has 3 aromatic rings. The summed E-state index contributed by atoms with van der Waals surface area (Å²) in [5, 5.41) is 3.78. The smallest absolute Gasteiger partial charge is 0.344 e. The molecule has 2 aromatic carbocycles. The van der Waals surface area contributed by atoms with E-state index in [1.165, 1.54) is 6.07 Å².